The molecule has 1 heterocycles. The molecule has 1 aliphatic heterocycles. The predicted molar refractivity (Wildman–Crippen MR) is 68.9 cm³/mol. The maximum Gasteiger partial charge on any atom is 0.250 e. The Kier molecular flexibility index (Phi) is 3.67. The minimum atomic E-state index is -0.636. The van der Waals surface area contributed by atoms with Crippen molar-refractivity contribution in [1.29, 1.82) is 0 Å². The highest BCUT2D eigenvalue weighted by molar-refractivity contribution is 6.29. The molecule has 4 nitrogen and oxygen atoms in total. The van der Waals surface area contributed by atoms with Crippen LogP contribution in [-0.4, -0.2) is 29.8 Å². The Morgan fingerprint density at radius 3 is 2.67 bits per heavy atom. The number of nitrogens with one attached hydrogen (secondary N) is 1. The SMILES string of the molecule is C=C(Cl)CN1CC(=O)NC(c2ccccc2)C1=O. The lowest BCUT2D eigenvalue weighted by molar-refractivity contribution is -0.143. The number of benzene rings is 1. The zero-order chi connectivity index (χ0) is 13.1. The number of rotatable bonds is 3. The van der Waals surface area contributed by atoms with Crippen LogP contribution in [0.3, 0.4) is 0 Å². The molecule has 1 aromatic carbocycles. The third-order valence-electron chi connectivity index (χ3n) is 2.69. The van der Waals surface area contributed by atoms with Gasteiger partial charge in [-0.3, -0.25) is 9.59 Å². The molecule has 0 aromatic heterocycles. The lowest BCUT2D eigenvalue weighted by Gasteiger charge is -2.32. The van der Waals surface area contributed by atoms with Gasteiger partial charge in [0.05, 0.1) is 6.54 Å². The van der Waals surface area contributed by atoms with E-state index in [0.29, 0.717) is 5.03 Å². The summed E-state index contributed by atoms with van der Waals surface area (Å²) in [6.07, 6.45) is 0. The van der Waals surface area contributed by atoms with Crippen LogP contribution in [0.1, 0.15) is 11.6 Å². The van der Waals surface area contributed by atoms with E-state index in [1.54, 1.807) is 0 Å². The zero-order valence-electron chi connectivity index (χ0n) is 9.73. The maximum atomic E-state index is 12.2. The van der Waals surface area contributed by atoms with Crippen LogP contribution in [0.5, 0.6) is 0 Å². The molecule has 1 aromatic rings. The molecule has 1 unspecified atom stereocenters. The summed E-state index contributed by atoms with van der Waals surface area (Å²) in [5, 5.41) is 3.02. The van der Waals surface area contributed by atoms with E-state index in [9.17, 15) is 9.59 Å². The Hall–Kier alpha value is -1.81. The minimum Gasteiger partial charge on any atom is -0.339 e. The molecule has 1 saturated heterocycles. The first-order valence-electron chi connectivity index (χ1n) is 5.54. The Morgan fingerprint density at radius 1 is 1.39 bits per heavy atom. The molecule has 1 aliphatic rings. The van der Waals surface area contributed by atoms with Gasteiger partial charge in [-0.2, -0.15) is 0 Å². The second-order valence-corrected chi connectivity index (χ2v) is 4.66. The van der Waals surface area contributed by atoms with E-state index < -0.39 is 6.04 Å². The van der Waals surface area contributed by atoms with Gasteiger partial charge in [-0.05, 0) is 5.56 Å². The second kappa shape index (κ2) is 5.23. The van der Waals surface area contributed by atoms with Crippen molar-refractivity contribution in [3.8, 4) is 0 Å². The normalized spacial score (nSPS) is 19.6. The topological polar surface area (TPSA) is 49.4 Å². The van der Waals surface area contributed by atoms with Crippen LogP contribution >= 0.6 is 11.6 Å². The molecule has 0 saturated carbocycles. The fourth-order valence-electron chi connectivity index (χ4n) is 1.91. The van der Waals surface area contributed by atoms with Crippen molar-refractivity contribution in [3.05, 3.63) is 47.5 Å². The van der Waals surface area contributed by atoms with Gasteiger partial charge in [-0.15, -0.1) is 0 Å². The lowest BCUT2D eigenvalue weighted by atomic mass is 10.0. The number of hydrogen-bond acceptors (Lipinski definition) is 2. The van der Waals surface area contributed by atoms with Crippen molar-refractivity contribution >= 4 is 23.4 Å². The standard InChI is InChI=1S/C13H13ClN2O2/c1-9(14)7-16-8-11(17)15-12(13(16)18)10-5-3-2-4-6-10/h2-6,12H,1,7-8H2,(H,15,17). The van der Waals surface area contributed by atoms with E-state index in [2.05, 4.69) is 11.9 Å². The molecule has 1 atom stereocenters. The first-order chi connectivity index (χ1) is 8.58. The quantitative estimate of drug-likeness (QED) is 0.898. The highest BCUT2D eigenvalue weighted by Gasteiger charge is 2.33. The van der Waals surface area contributed by atoms with Crippen molar-refractivity contribution in [2.24, 2.45) is 0 Å². The monoisotopic (exact) mass is 264 g/mol. The molecule has 0 aliphatic carbocycles. The van der Waals surface area contributed by atoms with E-state index in [4.69, 9.17) is 11.6 Å². The lowest BCUT2D eigenvalue weighted by Crippen LogP contribution is -2.53. The zero-order valence-corrected chi connectivity index (χ0v) is 10.5. The largest absolute Gasteiger partial charge is 0.339 e. The summed E-state index contributed by atoms with van der Waals surface area (Å²) in [4.78, 5) is 25.2. The molecule has 1 N–H and O–H groups in total. The highest BCUT2D eigenvalue weighted by atomic mass is 35.5. The number of halogens is 1. The molecular weight excluding hydrogens is 252 g/mol. The van der Waals surface area contributed by atoms with E-state index in [-0.39, 0.29) is 24.9 Å². The van der Waals surface area contributed by atoms with Crippen LogP contribution in [-0.2, 0) is 9.59 Å². The third-order valence-corrected chi connectivity index (χ3v) is 2.81. The summed E-state index contributed by atoms with van der Waals surface area (Å²) in [7, 11) is 0. The van der Waals surface area contributed by atoms with Crippen molar-refractivity contribution < 1.29 is 9.59 Å². The van der Waals surface area contributed by atoms with Crippen LogP contribution in [0, 0.1) is 0 Å². The highest BCUT2D eigenvalue weighted by Crippen LogP contribution is 2.19. The Bertz CT molecular complexity index is 485. The molecule has 94 valence electrons. The van der Waals surface area contributed by atoms with Gasteiger partial charge in [0.25, 0.3) is 5.91 Å². The van der Waals surface area contributed by atoms with Crippen LogP contribution in [0.15, 0.2) is 41.9 Å². The molecule has 0 radical (unpaired) electrons. The molecule has 1 fully saturated rings. The van der Waals surface area contributed by atoms with E-state index in [1.807, 2.05) is 30.3 Å². The average Bonchev–Trinajstić information content (AvgIpc) is 2.34. The van der Waals surface area contributed by atoms with Crippen molar-refractivity contribution in [2.45, 2.75) is 6.04 Å². The van der Waals surface area contributed by atoms with Crippen LogP contribution in [0.25, 0.3) is 0 Å². The average molecular weight is 265 g/mol. The van der Waals surface area contributed by atoms with Gasteiger partial charge in [0.2, 0.25) is 5.91 Å². The van der Waals surface area contributed by atoms with E-state index in [1.165, 1.54) is 4.90 Å². The molecule has 2 rings (SSSR count). The summed E-state index contributed by atoms with van der Waals surface area (Å²) < 4.78 is 0. The summed E-state index contributed by atoms with van der Waals surface area (Å²) in [5.41, 5.74) is 0.765. The molecule has 0 spiro atoms. The van der Waals surface area contributed by atoms with Crippen LogP contribution < -0.4 is 5.32 Å². The molecule has 0 bridgehead atoms. The Labute approximate surface area is 110 Å². The van der Waals surface area contributed by atoms with E-state index >= 15 is 0 Å². The summed E-state index contributed by atoms with van der Waals surface area (Å²) in [6, 6.07) is 8.49. The minimum absolute atomic E-state index is 0.0217. The van der Waals surface area contributed by atoms with E-state index in [0.717, 1.165) is 5.56 Å². The number of hydrogen-bond donors (Lipinski definition) is 1. The van der Waals surface area contributed by atoms with Gasteiger partial charge < -0.3 is 10.2 Å². The van der Waals surface area contributed by atoms with Crippen LogP contribution in [0.2, 0.25) is 0 Å². The van der Waals surface area contributed by atoms with Gasteiger partial charge >= 0.3 is 0 Å². The Balaban J connectivity index is 2.23. The number of nitrogens with zero attached hydrogens (tertiary/aromatic N) is 1. The first kappa shape index (κ1) is 12.6. The first-order valence-corrected chi connectivity index (χ1v) is 5.92. The number of amides is 2. The fraction of sp³-hybridized carbons (Fsp3) is 0.231. The smallest absolute Gasteiger partial charge is 0.250 e. The van der Waals surface area contributed by atoms with Gasteiger partial charge in [0.15, 0.2) is 0 Å². The summed E-state index contributed by atoms with van der Waals surface area (Å²) in [5.74, 6) is -0.357. The summed E-state index contributed by atoms with van der Waals surface area (Å²) in [6.45, 7) is 3.76. The van der Waals surface area contributed by atoms with Gasteiger partial charge in [0, 0.05) is 5.03 Å². The molecule has 2 amide bonds. The third kappa shape index (κ3) is 2.71. The molecule has 18 heavy (non-hydrogen) atoms. The number of piperazine rings is 1. The van der Waals surface area contributed by atoms with Crippen molar-refractivity contribution in [3.63, 3.8) is 0 Å². The van der Waals surface area contributed by atoms with Gasteiger partial charge in [0.1, 0.15) is 12.6 Å². The second-order valence-electron chi connectivity index (χ2n) is 4.12. The van der Waals surface area contributed by atoms with Gasteiger partial charge in [-0.1, -0.05) is 48.5 Å². The van der Waals surface area contributed by atoms with Crippen molar-refractivity contribution in [2.75, 3.05) is 13.1 Å². The van der Waals surface area contributed by atoms with Crippen molar-refractivity contribution in [1.82, 2.24) is 10.2 Å². The number of carbonyl (C=O) groups is 2. The molecule has 5 heteroatoms. The van der Waals surface area contributed by atoms with Crippen LogP contribution in [0.4, 0.5) is 0 Å². The van der Waals surface area contributed by atoms with Gasteiger partial charge in [-0.25, -0.2) is 0 Å². The maximum absolute atomic E-state index is 12.2. The predicted octanol–water partition coefficient (Wildman–Crippen LogP) is 1.44. The molecular formula is C13H13ClN2O2. The summed E-state index contributed by atoms with van der Waals surface area (Å²) >= 11 is 5.70. The Morgan fingerprint density at radius 2 is 2.06 bits per heavy atom. The number of carbonyl (C=O) groups excluding carboxylic acids is 2. The fourth-order valence-corrected chi connectivity index (χ4v) is 2.06.